The standard InChI is InChI=1S/C16H14F3NO3S/c17-16(18,19)10-3-1-9(2-4-10)7-20-14-13(15(21)22)11-5-6-23-8-12(11)24-14/h1-4,20H,5-8H2,(H,21,22). The summed E-state index contributed by atoms with van der Waals surface area (Å²) in [4.78, 5) is 12.4. The first-order valence-corrected chi connectivity index (χ1v) is 8.03. The molecule has 1 aliphatic rings. The van der Waals surface area contributed by atoms with Crippen LogP contribution in [0.3, 0.4) is 0 Å². The Morgan fingerprint density at radius 2 is 2.00 bits per heavy atom. The van der Waals surface area contributed by atoms with Crippen molar-refractivity contribution in [1.29, 1.82) is 0 Å². The number of thiophene rings is 1. The third kappa shape index (κ3) is 3.39. The lowest BCUT2D eigenvalue weighted by atomic mass is 10.1. The summed E-state index contributed by atoms with van der Waals surface area (Å²) < 4.78 is 43.0. The lowest BCUT2D eigenvalue weighted by Crippen LogP contribution is -2.12. The second kappa shape index (κ2) is 6.45. The van der Waals surface area contributed by atoms with Crippen molar-refractivity contribution in [2.75, 3.05) is 11.9 Å². The van der Waals surface area contributed by atoms with Crippen LogP contribution in [0.5, 0.6) is 0 Å². The molecule has 1 aromatic carbocycles. The van der Waals surface area contributed by atoms with Crippen LogP contribution in [0, 0.1) is 0 Å². The van der Waals surface area contributed by atoms with Gasteiger partial charge in [-0.15, -0.1) is 11.3 Å². The van der Waals surface area contributed by atoms with E-state index in [-0.39, 0.29) is 12.1 Å². The van der Waals surface area contributed by atoms with Crippen LogP contribution < -0.4 is 5.32 Å². The quantitative estimate of drug-likeness (QED) is 0.863. The van der Waals surface area contributed by atoms with E-state index in [2.05, 4.69) is 5.32 Å². The summed E-state index contributed by atoms with van der Waals surface area (Å²) in [6.07, 6.45) is -3.81. The average molecular weight is 357 g/mol. The molecule has 0 amide bonds. The molecular formula is C16H14F3NO3S. The number of hydrogen-bond acceptors (Lipinski definition) is 4. The van der Waals surface area contributed by atoms with Crippen LogP contribution in [0.2, 0.25) is 0 Å². The minimum atomic E-state index is -4.37. The Bertz CT molecular complexity index is 753. The van der Waals surface area contributed by atoms with Crippen molar-refractivity contribution in [2.24, 2.45) is 0 Å². The summed E-state index contributed by atoms with van der Waals surface area (Å²) in [7, 11) is 0. The van der Waals surface area contributed by atoms with Gasteiger partial charge in [-0.3, -0.25) is 0 Å². The van der Waals surface area contributed by atoms with Gasteiger partial charge in [-0.1, -0.05) is 12.1 Å². The van der Waals surface area contributed by atoms with E-state index in [0.29, 0.717) is 30.2 Å². The van der Waals surface area contributed by atoms with Gasteiger partial charge in [0, 0.05) is 11.4 Å². The van der Waals surface area contributed by atoms with Crippen LogP contribution in [-0.2, 0) is 30.5 Å². The van der Waals surface area contributed by atoms with E-state index in [1.807, 2.05) is 0 Å². The molecule has 8 heteroatoms. The Morgan fingerprint density at radius 1 is 1.29 bits per heavy atom. The van der Waals surface area contributed by atoms with Crippen molar-refractivity contribution in [3.63, 3.8) is 0 Å². The zero-order chi connectivity index (χ0) is 17.3. The predicted molar refractivity (Wildman–Crippen MR) is 83.4 cm³/mol. The Hall–Kier alpha value is -2.06. The largest absolute Gasteiger partial charge is 0.478 e. The van der Waals surface area contributed by atoms with E-state index in [1.54, 1.807) is 0 Å². The fraction of sp³-hybridized carbons (Fsp3) is 0.312. The van der Waals surface area contributed by atoms with Gasteiger partial charge in [-0.25, -0.2) is 4.79 Å². The number of ether oxygens (including phenoxy) is 1. The molecule has 3 rings (SSSR count). The molecule has 0 aliphatic carbocycles. The Morgan fingerprint density at radius 3 is 2.62 bits per heavy atom. The van der Waals surface area contributed by atoms with Gasteiger partial charge >= 0.3 is 12.1 Å². The van der Waals surface area contributed by atoms with Crippen LogP contribution in [0.15, 0.2) is 24.3 Å². The molecular weight excluding hydrogens is 343 g/mol. The Balaban J connectivity index is 1.77. The summed E-state index contributed by atoms with van der Waals surface area (Å²) >= 11 is 1.32. The average Bonchev–Trinajstić information content (AvgIpc) is 2.91. The molecule has 2 heterocycles. The molecule has 0 unspecified atom stereocenters. The maximum atomic E-state index is 12.6. The zero-order valence-corrected chi connectivity index (χ0v) is 13.3. The third-order valence-electron chi connectivity index (χ3n) is 3.77. The zero-order valence-electron chi connectivity index (χ0n) is 12.4. The van der Waals surface area contributed by atoms with E-state index in [9.17, 15) is 23.1 Å². The van der Waals surface area contributed by atoms with E-state index in [0.717, 1.165) is 22.6 Å². The van der Waals surface area contributed by atoms with Gasteiger partial charge in [0.05, 0.1) is 24.3 Å². The highest BCUT2D eigenvalue weighted by atomic mass is 32.1. The maximum absolute atomic E-state index is 12.6. The summed E-state index contributed by atoms with van der Waals surface area (Å²) in [5.41, 5.74) is 0.960. The summed E-state index contributed by atoms with van der Waals surface area (Å²) in [5, 5.41) is 13.0. The summed E-state index contributed by atoms with van der Waals surface area (Å²) in [6, 6.07) is 4.80. The van der Waals surface area contributed by atoms with E-state index in [1.165, 1.54) is 23.5 Å². The van der Waals surface area contributed by atoms with Gasteiger partial charge in [0.2, 0.25) is 0 Å². The first kappa shape index (κ1) is 16.8. The minimum Gasteiger partial charge on any atom is -0.478 e. The van der Waals surface area contributed by atoms with Crippen molar-refractivity contribution in [3.8, 4) is 0 Å². The fourth-order valence-corrected chi connectivity index (χ4v) is 3.75. The highest BCUT2D eigenvalue weighted by Crippen LogP contribution is 2.37. The highest BCUT2D eigenvalue weighted by molar-refractivity contribution is 7.16. The normalized spacial score (nSPS) is 14.3. The Labute approximate surface area is 139 Å². The first-order chi connectivity index (χ1) is 11.4. The van der Waals surface area contributed by atoms with E-state index < -0.39 is 17.7 Å². The lowest BCUT2D eigenvalue weighted by Gasteiger charge is -2.12. The monoisotopic (exact) mass is 357 g/mol. The molecule has 0 fully saturated rings. The molecule has 0 bridgehead atoms. The van der Waals surface area contributed by atoms with Gasteiger partial charge in [0.1, 0.15) is 5.00 Å². The lowest BCUT2D eigenvalue weighted by molar-refractivity contribution is -0.137. The van der Waals surface area contributed by atoms with Crippen molar-refractivity contribution < 1.29 is 27.8 Å². The second-order valence-corrected chi connectivity index (χ2v) is 6.47. The number of halogens is 3. The maximum Gasteiger partial charge on any atom is 0.416 e. The van der Waals surface area contributed by atoms with Crippen LogP contribution in [-0.4, -0.2) is 17.7 Å². The van der Waals surface area contributed by atoms with E-state index >= 15 is 0 Å². The molecule has 2 N–H and O–H groups in total. The number of alkyl halides is 3. The van der Waals surface area contributed by atoms with Gasteiger partial charge in [-0.2, -0.15) is 13.2 Å². The third-order valence-corrected chi connectivity index (χ3v) is 4.93. The number of nitrogens with one attached hydrogen (secondary N) is 1. The van der Waals surface area contributed by atoms with E-state index in [4.69, 9.17) is 4.74 Å². The SMILES string of the molecule is O=C(O)c1c(NCc2ccc(C(F)(F)F)cc2)sc2c1CCOC2. The highest BCUT2D eigenvalue weighted by Gasteiger charge is 2.30. The Kier molecular flexibility index (Phi) is 4.51. The number of benzene rings is 1. The van der Waals surface area contributed by atoms with Crippen molar-refractivity contribution in [3.05, 3.63) is 51.4 Å². The number of carbonyl (C=O) groups is 1. The molecule has 1 aliphatic heterocycles. The van der Waals surface area contributed by atoms with Crippen LogP contribution in [0.25, 0.3) is 0 Å². The van der Waals surface area contributed by atoms with Crippen LogP contribution in [0.1, 0.15) is 31.9 Å². The number of fused-ring (bicyclic) bond motifs is 1. The number of carboxylic acids is 1. The fourth-order valence-electron chi connectivity index (χ4n) is 2.58. The number of carboxylic acid groups (broad SMARTS) is 1. The first-order valence-electron chi connectivity index (χ1n) is 7.22. The molecule has 24 heavy (non-hydrogen) atoms. The summed E-state index contributed by atoms with van der Waals surface area (Å²) in [5.74, 6) is -1.01. The second-order valence-electron chi connectivity index (χ2n) is 5.36. The van der Waals surface area contributed by atoms with Crippen LogP contribution in [0.4, 0.5) is 18.2 Å². The smallest absolute Gasteiger partial charge is 0.416 e. The summed E-state index contributed by atoms with van der Waals surface area (Å²) in [6.45, 7) is 1.13. The van der Waals surface area contributed by atoms with Gasteiger partial charge in [0.15, 0.2) is 0 Å². The molecule has 0 radical (unpaired) electrons. The number of aromatic carboxylic acids is 1. The van der Waals surface area contributed by atoms with Crippen molar-refractivity contribution in [1.82, 2.24) is 0 Å². The van der Waals surface area contributed by atoms with Gasteiger partial charge in [0.25, 0.3) is 0 Å². The molecule has 0 saturated heterocycles. The van der Waals surface area contributed by atoms with Crippen molar-refractivity contribution >= 4 is 22.3 Å². The minimum absolute atomic E-state index is 0.241. The number of hydrogen-bond donors (Lipinski definition) is 2. The topological polar surface area (TPSA) is 58.6 Å². The molecule has 128 valence electrons. The van der Waals surface area contributed by atoms with Crippen LogP contribution >= 0.6 is 11.3 Å². The molecule has 0 spiro atoms. The molecule has 4 nitrogen and oxygen atoms in total. The molecule has 2 aromatic rings. The molecule has 0 saturated carbocycles. The van der Waals surface area contributed by atoms with Gasteiger partial charge in [-0.05, 0) is 29.7 Å². The van der Waals surface area contributed by atoms with Crippen molar-refractivity contribution in [2.45, 2.75) is 25.7 Å². The molecule has 0 atom stereocenters. The van der Waals surface area contributed by atoms with Gasteiger partial charge < -0.3 is 15.2 Å². The molecule has 1 aromatic heterocycles. The predicted octanol–water partition coefficient (Wildman–Crippen LogP) is 4.15. The number of anilines is 1. The number of rotatable bonds is 4.